The van der Waals surface area contributed by atoms with Crippen LogP contribution < -0.4 is 0 Å². The molecule has 21 heavy (non-hydrogen) atoms. The predicted molar refractivity (Wildman–Crippen MR) is 81.9 cm³/mol. The second-order valence-corrected chi connectivity index (χ2v) is 5.57. The molecule has 0 aliphatic rings. The summed E-state index contributed by atoms with van der Waals surface area (Å²) in [5.74, 6) is 0.773. The van der Waals surface area contributed by atoms with E-state index in [1.54, 1.807) is 25.3 Å². The van der Waals surface area contributed by atoms with Crippen molar-refractivity contribution in [2.24, 2.45) is 0 Å². The van der Waals surface area contributed by atoms with E-state index in [9.17, 15) is 4.39 Å². The molecule has 4 nitrogen and oxygen atoms in total. The molecule has 0 radical (unpaired) electrons. The van der Waals surface area contributed by atoms with Crippen LogP contribution in [0.25, 0.3) is 0 Å². The van der Waals surface area contributed by atoms with Crippen LogP contribution in [-0.4, -0.2) is 21.9 Å². The average Bonchev–Trinajstić information content (AvgIpc) is 2.82. The Morgan fingerprint density at radius 2 is 2.29 bits per heavy atom. The average molecular weight is 328 g/mol. The zero-order chi connectivity index (χ0) is 15.2. The van der Waals surface area contributed by atoms with Gasteiger partial charge < -0.3 is 9.30 Å². The van der Waals surface area contributed by atoms with Crippen LogP contribution in [0.15, 0.2) is 36.0 Å². The number of aromatic nitrogens is 3. The molecule has 0 atom stereocenters. The molecule has 112 valence electrons. The van der Waals surface area contributed by atoms with Gasteiger partial charge in [-0.2, -0.15) is 0 Å². The zero-order valence-corrected chi connectivity index (χ0v) is 13.1. The molecule has 0 aliphatic carbocycles. The van der Waals surface area contributed by atoms with Gasteiger partial charge in [0, 0.05) is 30.0 Å². The van der Waals surface area contributed by atoms with Gasteiger partial charge in [0.15, 0.2) is 11.0 Å². The SMILES string of the molecule is C=CCn1c(COC)nnc1SCc1c(F)cccc1Cl. The molecule has 0 N–H and O–H groups in total. The summed E-state index contributed by atoms with van der Waals surface area (Å²) in [6.07, 6.45) is 1.75. The monoisotopic (exact) mass is 327 g/mol. The van der Waals surface area contributed by atoms with Crippen molar-refractivity contribution < 1.29 is 9.13 Å². The maximum atomic E-state index is 13.8. The number of ether oxygens (including phenoxy) is 1. The first kappa shape index (κ1) is 16.0. The number of benzene rings is 1. The van der Waals surface area contributed by atoms with Gasteiger partial charge in [0.1, 0.15) is 12.4 Å². The van der Waals surface area contributed by atoms with E-state index in [-0.39, 0.29) is 5.82 Å². The Kier molecular flexibility index (Phi) is 5.78. The molecule has 2 aromatic rings. The van der Waals surface area contributed by atoms with Gasteiger partial charge in [0.25, 0.3) is 0 Å². The Balaban J connectivity index is 2.18. The van der Waals surface area contributed by atoms with E-state index >= 15 is 0 Å². The van der Waals surface area contributed by atoms with Crippen LogP contribution in [0.5, 0.6) is 0 Å². The van der Waals surface area contributed by atoms with Crippen molar-refractivity contribution in [1.29, 1.82) is 0 Å². The van der Waals surface area contributed by atoms with E-state index in [0.717, 1.165) is 0 Å². The lowest BCUT2D eigenvalue weighted by molar-refractivity contribution is 0.174. The van der Waals surface area contributed by atoms with Crippen molar-refractivity contribution in [2.75, 3.05) is 7.11 Å². The summed E-state index contributed by atoms with van der Waals surface area (Å²) >= 11 is 7.40. The molecule has 0 amide bonds. The molecule has 1 heterocycles. The van der Waals surface area contributed by atoms with E-state index in [1.165, 1.54) is 17.8 Å². The molecule has 1 aromatic carbocycles. The third-order valence-corrected chi connectivity index (χ3v) is 4.13. The molecular formula is C14H15ClFN3OS. The van der Waals surface area contributed by atoms with E-state index in [1.807, 2.05) is 4.57 Å². The summed E-state index contributed by atoms with van der Waals surface area (Å²) in [5.41, 5.74) is 0.464. The van der Waals surface area contributed by atoms with E-state index in [4.69, 9.17) is 16.3 Å². The fourth-order valence-corrected chi connectivity index (χ4v) is 3.09. The van der Waals surface area contributed by atoms with Crippen LogP contribution >= 0.6 is 23.4 Å². The van der Waals surface area contributed by atoms with E-state index in [0.29, 0.717) is 40.5 Å². The molecule has 2 rings (SSSR count). The highest BCUT2D eigenvalue weighted by atomic mass is 35.5. The summed E-state index contributed by atoms with van der Waals surface area (Å²) in [6, 6.07) is 4.65. The summed E-state index contributed by atoms with van der Waals surface area (Å²) in [6.45, 7) is 4.65. The molecule has 0 aliphatic heterocycles. The van der Waals surface area contributed by atoms with Gasteiger partial charge in [-0.15, -0.1) is 16.8 Å². The smallest absolute Gasteiger partial charge is 0.191 e. The van der Waals surface area contributed by atoms with Gasteiger partial charge in [-0.3, -0.25) is 0 Å². The highest BCUT2D eigenvalue weighted by molar-refractivity contribution is 7.98. The van der Waals surface area contributed by atoms with Crippen LogP contribution in [0.2, 0.25) is 5.02 Å². The predicted octanol–water partition coefficient (Wildman–Crippen LogP) is 3.70. The van der Waals surface area contributed by atoms with Crippen molar-refractivity contribution in [2.45, 2.75) is 24.1 Å². The number of nitrogens with zero attached hydrogens (tertiary/aromatic N) is 3. The Morgan fingerprint density at radius 1 is 1.48 bits per heavy atom. The number of rotatable bonds is 7. The number of hydrogen-bond acceptors (Lipinski definition) is 4. The molecule has 0 bridgehead atoms. The summed E-state index contributed by atoms with van der Waals surface area (Å²) in [4.78, 5) is 0. The van der Waals surface area contributed by atoms with E-state index < -0.39 is 0 Å². The first-order chi connectivity index (χ1) is 10.2. The molecule has 1 aromatic heterocycles. The molecule has 0 saturated carbocycles. The Bertz CT molecular complexity index is 612. The number of methoxy groups -OCH3 is 1. The van der Waals surface area contributed by atoms with Crippen molar-refractivity contribution >= 4 is 23.4 Å². The highest BCUT2D eigenvalue weighted by Gasteiger charge is 2.14. The Labute approximate surface area is 132 Å². The number of allylic oxidation sites excluding steroid dienone is 1. The minimum absolute atomic E-state index is 0.318. The third kappa shape index (κ3) is 3.84. The maximum absolute atomic E-state index is 13.8. The van der Waals surface area contributed by atoms with Crippen LogP contribution in [0.3, 0.4) is 0 Å². The lowest BCUT2D eigenvalue weighted by atomic mass is 10.2. The summed E-state index contributed by atoms with van der Waals surface area (Å²) in [5, 5.41) is 9.28. The number of hydrogen-bond donors (Lipinski definition) is 0. The molecule has 0 saturated heterocycles. The molecule has 0 unspecified atom stereocenters. The minimum atomic E-state index is -0.318. The minimum Gasteiger partial charge on any atom is -0.377 e. The van der Waals surface area contributed by atoms with Gasteiger partial charge in [0.05, 0.1) is 0 Å². The normalized spacial score (nSPS) is 10.8. The van der Waals surface area contributed by atoms with Crippen molar-refractivity contribution in [3.8, 4) is 0 Å². The van der Waals surface area contributed by atoms with Gasteiger partial charge in [0.2, 0.25) is 0 Å². The lowest BCUT2D eigenvalue weighted by Gasteiger charge is -2.08. The summed E-state index contributed by atoms with van der Waals surface area (Å²) < 4.78 is 20.7. The first-order valence-electron chi connectivity index (χ1n) is 6.25. The van der Waals surface area contributed by atoms with Gasteiger partial charge >= 0.3 is 0 Å². The molecular weight excluding hydrogens is 313 g/mol. The van der Waals surface area contributed by atoms with Crippen molar-refractivity contribution in [1.82, 2.24) is 14.8 Å². The molecule has 7 heteroatoms. The van der Waals surface area contributed by atoms with Crippen LogP contribution in [0, 0.1) is 5.82 Å². The van der Waals surface area contributed by atoms with Crippen molar-refractivity contribution in [3.63, 3.8) is 0 Å². The zero-order valence-electron chi connectivity index (χ0n) is 11.6. The van der Waals surface area contributed by atoms with Gasteiger partial charge in [-0.25, -0.2) is 4.39 Å². The number of halogens is 2. The van der Waals surface area contributed by atoms with Crippen LogP contribution in [0.4, 0.5) is 4.39 Å². The maximum Gasteiger partial charge on any atom is 0.191 e. The van der Waals surface area contributed by atoms with Gasteiger partial charge in [-0.1, -0.05) is 35.5 Å². The van der Waals surface area contributed by atoms with Crippen LogP contribution in [0.1, 0.15) is 11.4 Å². The topological polar surface area (TPSA) is 39.9 Å². The van der Waals surface area contributed by atoms with E-state index in [2.05, 4.69) is 16.8 Å². The standard InChI is InChI=1S/C14H15ClFN3OS/c1-3-7-19-13(8-20-2)17-18-14(19)21-9-10-11(15)5-4-6-12(10)16/h3-6H,1,7-9H2,2H3. The fourth-order valence-electron chi connectivity index (χ4n) is 1.78. The Morgan fingerprint density at radius 3 is 2.95 bits per heavy atom. The Hall–Kier alpha value is -1.37. The second kappa shape index (κ2) is 7.59. The largest absolute Gasteiger partial charge is 0.377 e. The molecule has 0 fully saturated rings. The van der Waals surface area contributed by atoms with Gasteiger partial charge in [-0.05, 0) is 12.1 Å². The quantitative estimate of drug-likeness (QED) is 0.574. The fraction of sp³-hybridized carbons (Fsp3) is 0.286. The number of thioether (sulfide) groups is 1. The molecule has 0 spiro atoms. The highest BCUT2D eigenvalue weighted by Crippen LogP contribution is 2.28. The van der Waals surface area contributed by atoms with Crippen LogP contribution in [-0.2, 0) is 23.6 Å². The summed E-state index contributed by atoms with van der Waals surface area (Å²) in [7, 11) is 1.60. The van der Waals surface area contributed by atoms with Crippen molar-refractivity contribution in [3.05, 3.63) is 53.1 Å². The third-order valence-electron chi connectivity index (χ3n) is 2.79. The lowest BCUT2D eigenvalue weighted by Crippen LogP contribution is -2.05. The second-order valence-electron chi connectivity index (χ2n) is 4.22. The first-order valence-corrected chi connectivity index (χ1v) is 7.61.